The number of fused-ring (bicyclic) bond motifs is 1. The van der Waals surface area contributed by atoms with Crippen molar-refractivity contribution in [3.05, 3.63) is 54.1 Å². The lowest BCUT2D eigenvalue weighted by Crippen LogP contribution is -2.41. The van der Waals surface area contributed by atoms with Gasteiger partial charge in [0.25, 0.3) is 0 Å². The molecule has 21 heavy (non-hydrogen) atoms. The lowest BCUT2D eigenvalue weighted by Gasteiger charge is -2.28. The molecule has 2 heterocycles. The molecule has 0 bridgehead atoms. The zero-order chi connectivity index (χ0) is 14.7. The van der Waals surface area contributed by atoms with Crippen molar-refractivity contribution >= 4 is 5.69 Å². The Morgan fingerprint density at radius 2 is 1.95 bits per heavy atom. The molecule has 110 valence electrons. The van der Waals surface area contributed by atoms with Gasteiger partial charge in [-0.05, 0) is 23.6 Å². The van der Waals surface area contributed by atoms with Gasteiger partial charge in [-0.1, -0.05) is 32.0 Å². The molecule has 4 heteroatoms. The van der Waals surface area contributed by atoms with Crippen molar-refractivity contribution in [1.82, 2.24) is 15.3 Å². The minimum atomic E-state index is 0.473. The Balaban J connectivity index is 1.90. The van der Waals surface area contributed by atoms with Crippen molar-refractivity contribution in [2.75, 3.05) is 11.4 Å². The maximum absolute atomic E-state index is 4.37. The van der Waals surface area contributed by atoms with Crippen LogP contribution in [-0.2, 0) is 13.1 Å². The van der Waals surface area contributed by atoms with E-state index in [0.29, 0.717) is 12.0 Å². The van der Waals surface area contributed by atoms with Gasteiger partial charge in [0.2, 0.25) is 0 Å². The summed E-state index contributed by atoms with van der Waals surface area (Å²) < 4.78 is 0. The summed E-state index contributed by atoms with van der Waals surface area (Å²) in [5.74, 6) is 1.47. The summed E-state index contributed by atoms with van der Waals surface area (Å²) in [7, 11) is 0. The highest BCUT2D eigenvalue weighted by molar-refractivity contribution is 5.54. The number of hydrogen-bond donors (Lipinski definition) is 1. The minimum absolute atomic E-state index is 0.473. The van der Waals surface area contributed by atoms with Gasteiger partial charge < -0.3 is 10.2 Å². The third-order valence-corrected chi connectivity index (χ3v) is 4.06. The van der Waals surface area contributed by atoms with E-state index in [-0.39, 0.29) is 0 Å². The molecule has 1 unspecified atom stereocenters. The van der Waals surface area contributed by atoms with Gasteiger partial charge in [-0.2, -0.15) is 0 Å². The number of benzene rings is 1. The van der Waals surface area contributed by atoms with E-state index >= 15 is 0 Å². The average molecular weight is 282 g/mol. The second-order valence-electron chi connectivity index (χ2n) is 5.91. The van der Waals surface area contributed by atoms with Gasteiger partial charge in [0.15, 0.2) is 0 Å². The van der Waals surface area contributed by atoms with Crippen molar-refractivity contribution in [2.45, 2.75) is 33.0 Å². The first-order valence-electron chi connectivity index (χ1n) is 7.56. The summed E-state index contributed by atoms with van der Waals surface area (Å²) in [5, 5.41) is 3.67. The van der Waals surface area contributed by atoms with Crippen molar-refractivity contribution in [3.63, 3.8) is 0 Å². The molecular formula is C17H22N4. The van der Waals surface area contributed by atoms with E-state index in [1.807, 2.05) is 18.5 Å². The predicted molar refractivity (Wildman–Crippen MR) is 85.0 cm³/mol. The first kappa shape index (κ1) is 14.0. The topological polar surface area (TPSA) is 41.1 Å². The maximum atomic E-state index is 4.37. The Bertz CT molecular complexity index is 582. The Morgan fingerprint density at radius 1 is 1.19 bits per heavy atom. The van der Waals surface area contributed by atoms with Gasteiger partial charge in [-0.25, -0.2) is 9.97 Å². The van der Waals surface area contributed by atoms with Gasteiger partial charge in [0.05, 0.1) is 6.54 Å². The molecule has 0 amide bonds. The first-order valence-corrected chi connectivity index (χ1v) is 7.56. The third kappa shape index (κ3) is 3.22. The average Bonchev–Trinajstić information content (AvgIpc) is 2.69. The second-order valence-corrected chi connectivity index (χ2v) is 5.91. The van der Waals surface area contributed by atoms with Crippen molar-refractivity contribution in [3.8, 4) is 0 Å². The lowest BCUT2D eigenvalue weighted by atomic mass is 10.0. The van der Waals surface area contributed by atoms with Crippen LogP contribution in [-0.4, -0.2) is 22.6 Å². The van der Waals surface area contributed by atoms with Gasteiger partial charge in [0.1, 0.15) is 5.82 Å². The fourth-order valence-corrected chi connectivity index (χ4v) is 2.79. The zero-order valence-electron chi connectivity index (χ0n) is 12.7. The van der Waals surface area contributed by atoms with Crippen LogP contribution in [0.4, 0.5) is 5.69 Å². The number of hydrogen-bond acceptors (Lipinski definition) is 4. The van der Waals surface area contributed by atoms with Crippen LogP contribution in [0.2, 0.25) is 0 Å². The van der Waals surface area contributed by atoms with Gasteiger partial charge in [0, 0.05) is 37.2 Å². The Labute approximate surface area is 126 Å². The van der Waals surface area contributed by atoms with Gasteiger partial charge in [-0.15, -0.1) is 0 Å². The molecule has 1 aliphatic heterocycles. The Morgan fingerprint density at radius 3 is 2.71 bits per heavy atom. The normalized spacial score (nSPS) is 18.4. The highest BCUT2D eigenvalue weighted by Crippen LogP contribution is 2.25. The van der Waals surface area contributed by atoms with E-state index in [1.165, 1.54) is 11.3 Å². The molecule has 2 aromatic rings. The fourth-order valence-electron chi connectivity index (χ4n) is 2.79. The number of para-hydroxylation sites is 1. The van der Waals surface area contributed by atoms with E-state index in [0.717, 1.165) is 25.5 Å². The molecular weight excluding hydrogens is 260 g/mol. The summed E-state index contributed by atoms with van der Waals surface area (Å²) in [6, 6.07) is 10.9. The molecule has 3 rings (SSSR count). The van der Waals surface area contributed by atoms with Crippen molar-refractivity contribution in [1.29, 1.82) is 0 Å². The Kier molecular flexibility index (Phi) is 4.15. The van der Waals surface area contributed by atoms with Gasteiger partial charge >= 0.3 is 0 Å². The fraction of sp³-hybridized carbons (Fsp3) is 0.412. The van der Waals surface area contributed by atoms with Crippen molar-refractivity contribution in [2.24, 2.45) is 5.92 Å². The molecule has 1 N–H and O–H groups in total. The van der Waals surface area contributed by atoms with Crippen molar-refractivity contribution < 1.29 is 0 Å². The van der Waals surface area contributed by atoms with Crippen LogP contribution in [0.5, 0.6) is 0 Å². The molecule has 0 fully saturated rings. The summed E-state index contributed by atoms with van der Waals surface area (Å²) in [6.45, 7) is 7.19. The van der Waals surface area contributed by atoms with Gasteiger partial charge in [-0.3, -0.25) is 0 Å². The first-order chi connectivity index (χ1) is 10.2. The lowest BCUT2D eigenvalue weighted by molar-refractivity contribution is 0.402. The molecule has 1 aromatic carbocycles. The van der Waals surface area contributed by atoms with Crippen LogP contribution in [0.25, 0.3) is 0 Å². The standard InChI is InChI=1S/C17H22N4/c1-13(2)15-11-21(12-17-18-8-5-9-19-17)16-7-4-3-6-14(16)10-20-15/h3-9,13,15,20H,10-12H2,1-2H3. The predicted octanol–water partition coefficient (Wildman–Crippen LogP) is 2.61. The van der Waals surface area contributed by atoms with E-state index in [4.69, 9.17) is 0 Å². The monoisotopic (exact) mass is 282 g/mol. The van der Waals surface area contributed by atoms with Crippen LogP contribution in [0.3, 0.4) is 0 Å². The molecule has 0 saturated carbocycles. The largest absolute Gasteiger partial charge is 0.362 e. The van der Waals surface area contributed by atoms with Crippen LogP contribution < -0.4 is 10.2 Å². The SMILES string of the molecule is CC(C)C1CN(Cc2ncccn2)c2ccccc2CN1. The molecule has 0 saturated heterocycles. The Hall–Kier alpha value is -1.94. The maximum Gasteiger partial charge on any atom is 0.147 e. The highest BCUT2D eigenvalue weighted by atomic mass is 15.2. The van der Waals surface area contributed by atoms with Crippen LogP contribution in [0.1, 0.15) is 25.2 Å². The number of nitrogens with one attached hydrogen (secondary N) is 1. The van der Waals surface area contributed by atoms with Crippen LogP contribution >= 0.6 is 0 Å². The number of aromatic nitrogens is 2. The highest BCUT2D eigenvalue weighted by Gasteiger charge is 2.23. The van der Waals surface area contributed by atoms with E-state index in [1.54, 1.807) is 0 Å². The number of anilines is 1. The zero-order valence-corrected chi connectivity index (χ0v) is 12.7. The quantitative estimate of drug-likeness (QED) is 0.939. The molecule has 0 spiro atoms. The van der Waals surface area contributed by atoms with Crippen LogP contribution in [0.15, 0.2) is 42.7 Å². The van der Waals surface area contributed by atoms with E-state index < -0.39 is 0 Å². The smallest absolute Gasteiger partial charge is 0.147 e. The number of rotatable bonds is 3. The van der Waals surface area contributed by atoms with Crippen LogP contribution in [0, 0.1) is 5.92 Å². The van der Waals surface area contributed by atoms with E-state index in [9.17, 15) is 0 Å². The molecule has 1 aliphatic rings. The van der Waals surface area contributed by atoms with E-state index in [2.05, 4.69) is 58.3 Å². The minimum Gasteiger partial charge on any atom is -0.362 e. The summed E-state index contributed by atoms with van der Waals surface area (Å²) in [4.78, 5) is 11.1. The second kappa shape index (κ2) is 6.22. The molecule has 0 aliphatic carbocycles. The summed E-state index contributed by atoms with van der Waals surface area (Å²) in [5.41, 5.74) is 2.64. The molecule has 1 aromatic heterocycles. The molecule has 0 radical (unpaired) electrons. The summed E-state index contributed by atoms with van der Waals surface area (Å²) >= 11 is 0. The molecule has 4 nitrogen and oxygen atoms in total. The summed E-state index contributed by atoms with van der Waals surface area (Å²) in [6.07, 6.45) is 3.62. The number of nitrogens with zero attached hydrogens (tertiary/aromatic N) is 3. The third-order valence-electron chi connectivity index (χ3n) is 4.06. The molecule has 1 atom stereocenters.